The molecule has 1 aliphatic rings. The molecule has 3 rings (SSSR count). The van der Waals surface area contributed by atoms with Crippen molar-refractivity contribution < 1.29 is 4.79 Å². The van der Waals surface area contributed by atoms with Gasteiger partial charge >= 0.3 is 6.03 Å². The van der Waals surface area contributed by atoms with E-state index in [-0.39, 0.29) is 0 Å². The Morgan fingerprint density at radius 3 is 2.88 bits per heavy atom. The normalized spacial score (nSPS) is 14.1. The zero-order chi connectivity index (χ0) is 17.8. The molecule has 0 saturated heterocycles. The summed E-state index contributed by atoms with van der Waals surface area (Å²) in [6.07, 6.45) is 8.79. The Morgan fingerprint density at radius 2 is 2.16 bits per heavy atom. The molecule has 2 aromatic rings. The second kappa shape index (κ2) is 7.21. The first-order valence-electron chi connectivity index (χ1n) is 8.10. The Kier molecular flexibility index (Phi) is 4.83. The molecule has 0 radical (unpaired) electrons. The van der Waals surface area contributed by atoms with Crippen molar-refractivity contribution >= 4 is 23.8 Å². The number of nitrogens with one attached hydrogen (secondary N) is 1. The van der Waals surface area contributed by atoms with E-state index in [0.29, 0.717) is 18.8 Å². The summed E-state index contributed by atoms with van der Waals surface area (Å²) >= 11 is 0. The largest absolute Gasteiger partial charge is 0.351 e. The van der Waals surface area contributed by atoms with Crippen LogP contribution in [0.1, 0.15) is 24.0 Å². The van der Waals surface area contributed by atoms with Crippen LogP contribution in [-0.2, 0) is 6.42 Å². The molecule has 3 heterocycles. The lowest BCUT2D eigenvalue weighted by Gasteiger charge is -2.26. The van der Waals surface area contributed by atoms with Crippen LogP contribution in [-0.4, -0.2) is 41.5 Å². The summed E-state index contributed by atoms with van der Waals surface area (Å²) in [5.41, 5.74) is 10.0. The van der Waals surface area contributed by atoms with E-state index in [1.807, 2.05) is 12.1 Å². The molecule has 0 spiro atoms. The Hall–Kier alpha value is -3.09. The molecule has 7 heteroatoms. The molecule has 128 valence electrons. The predicted octanol–water partition coefficient (Wildman–Crippen LogP) is 2.43. The first-order valence-corrected chi connectivity index (χ1v) is 8.10. The van der Waals surface area contributed by atoms with E-state index < -0.39 is 6.03 Å². The molecule has 2 amide bonds. The van der Waals surface area contributed by atoms with E-state index >= 15 is 0 Å². The van der Waals surface area contributed by atoms with Gasteiger partial charge in [-0.3, -0.25) is 14.9 Å². The molecule has 0 aromatic carbocycles. The SMILES string of the molecule is CN=C(CC=N)c1cncc(-c2cnc3c(c2)CCCN3C(N)=O)c1. The standard InChI is InChI=1S/C18H20N6O/c1-21-16(4-5-19)15-8-13(9-22-10-15)14-7-12-3-2-6-24(18(20)25)17(12)23-11-14/h5,7-11,19H,2-4,6H2,1H3,(H2,20,25). The average molecular weight is 336 g/mol. The summed E-state index contributed by atoms with van der Waals surface area (Å²) < 4.78 is 0. The Morgan fingerprint density at radius 1 is 1.36 bits per heavy atom. The molecule has 25 heavy (non-hydrogen) atoms. The van der Waals surface area contributed by atoms with Crippen molar-refractivity contribution in [3.63, 3.8) is 0 Å². The first kappa shape index (κ1) is 16.8. The Bertz CT molecular complexity index is 845. The number of pyridine rings is 2. The summed E-state index contributed by atoms with van der Waals surface area (Å²) in [7, 11) is 1.71. The highest BCUT2D eigenvalue weighted by Gasteiger charge is 2.22. The van der Waals surface area contributed by atoms with E-state index in [2.05, 4.69) is 15.0 Å². The molecule has 2 aromatic heterocycles. The van der Waals surface area contributed by atoms with Crippen LogP contribution in [0.3, 0.4) is 0 Å². The van der Waals surface area contributed by atoms with Crippen LogP contribution in [0.25, 0.3) is 11.1 Å². The number of hydrogen-bond donors (Lipinski definition) is 2. The maximum atomic E-state index is 11.6. The van der Waals surface area contributed by atoms with E-state index in [0.717, 1.165) is 40.8 Å². The van der Waals surface area contributed by atoms with E-state index in [9.17, 15) is 4.79 Å². The van der Waals surface area contributed by atoms with Crippen LogP contribution in [0.5, 0.6) is 0 Å². The van der Waals surface area contributed by atoms with Gasteiger partial charge in [0.05, 0.1) is 0 Å². The van der Waals surface area contributed by atoms with E-state index in [4.69, 9.17) is 11.1 Å². The van der Waals surface area contributed by atoms with E-state index in [1.165, 1.54) is 11.1 Å². The number of nitrogens with zero attached hydrogens (tertiary/aromatic N) is 4. The van der Waals surface area contributed by atoms with E-state index in [1.54, 1.807) is 25.6 Å². The predicted molar refractivity (Wildman–Crippen MR) is 98.6 cm³/mol. The van der Waals surface area contributed by atoms with Gasteiger partial charge in [0.1, 0.15) is 5.82 Å². The van der Waals surface area contributed by atoms with Crippen LogP contribution in [0, 0.1) is 5.41 Å². The molecule has 0 bridgehead atoms. The van der Waals surface area contributed by atoms with Crippen LogP contribution in [0.15, 0.2) is 35.7 Å². The topological polar surface area (TPSA) is 108 Å². The fraction of sp³-hybridized carbons (Fsp3) is 0.278. The fourth-order valence-corrected chi connectivity index (χ4v) is 3.03. The summed E-state index contributed by atoms with van der Waals surface area (Å²) in [6, 6.07) is 3.56. The van der Waals surface area contributed by atoms with Gasteiger partial charge in [-0.05, 0) is 30.5 Å². The lowest BCUT2D eigenvalue weighted by atomic mass is 9.99. The third kappa shape index (κ3) is 3.40. The van der Waals surface area contributed by atoms with Crippen LogP contribution < -0.4 is 10.6 Å². The van der Waals surface area contributed by atoms with Gasteiger partial charge in [0.25, 0.3) is 0 Å². The van der Waals surface area contributed by atoms with Crippen molar-refractivity contribution in [1.29, 1.82) is 5.41 Å². The number of aryl methyl sites for hydroxylation is 1. The van der Waals surface area contributed by atoms with Crippen LogP contribution >= 0.6 is 0 Å². The van der Waals surface area contributed by atoms with Crippen molar-refractivity contribution in [2.24, 2.45) is 10.7 Å². The van der Waals surface area contributed by atoms with Crippen molar-refractivity contribution in [1.82, 2.24) is 9.97 Å². The monoisotopic (exact) mass is 336 g/mol. The summed E-state index contributed by atoms with van der Waals surface area (Å²) in [6.45, 7) is 0.603. The minimum Gasteiger partial charge on any atom is -0.351 e. The van der Waals surface area contributed by atoms with Gasteiger partial charge < -0.3 is 11.1 Å². The molecule has 0 fully saturated rings. The second-order valence-electron chi connectivity index (χ2n) is 5.84. The molecule has 7 nitrogen and oxygen atoms in total. The van der Waals surface area contributed by atoms with Crippen molar-refractivity contribution in [3.8, 4) is 11.1 Å². The Balaban J connectivity index is 1.98. The number of hydrogen-bond acceptors (Lipinski definition) is 5. The number of amides is 2. The molecule has 3 N–H and O–H groups in total. The third-order valence-corrected chi connectivity index (χ3v) is 4.26. The highest BCUT2D eigenvalue weighted by atomic mass is 16.2. The number of aliphatic imine (C=N–C) groups is 1. The molecule has 0 unspecified atom stereocenters. The molecular formula is C18H20N6O. The van der Waals surface area contributed by atoms with Gasteiger partial charge in [-0.25, -0.2) is 9.78 Å². The lowest BCUT2D eigenvalue weighted by molar-refractivity contribution is 0.253. The van der Waals surface area contributed by atoms with Gasteiger partial charge in [-0.2, -0.15) is 0 Å². The highest BCUT2D eigenvalue weighted by molar-refractivity contribution is 6.07. The highest BCUT2D eigenvalue weighted by Crippen LogP contribution is 2.29. The second-order valence-corrected chi connectivity index (χ2v) is 5.84. The number of carbonyl (C=O) groups excluding carboxylic acids is 1. The number of nitrogens with two attached hydrogens (primary N) is 1. The molecule has 0 aliphatic carbocycles. The summed E-state index contributed by atoms with van der Waals surface area (Å²) in [5.74, 6) is 0.645. The van der Waals surface area contributed by atoms with Crippen LogP contribution in [0.2, 0.25) is 0 Å². The maximum Gasteiger partial charge on any atom is 0.320 e. The maximum absolute atomic E-state index is 11.6. The fourth-order valence-electron chi connectivity index (χ4n) is 3.03. The number of aromatic nitrogens is 2. The van der Waals surface area contributed by atoms with Crippen molar-refractivity contribution in [2.75, 3.05) is 18.5 Å². The van der Waals surface area contributed by atoms with Gasteiger partial charge in [0.15, 0.2) is 0 Å². The van der Waals surface area contributed by atoms with Gasteiger partial charge in [0.2, 0.25) is 0 Å². The summed E-state index contributed by atoms with van der Waals surface area (Å²) in [4.78, 5) is 26.1. The molecule has 0 saturated carbocycles. The van der Waals surface area contributed by atoms with Crippen LogP contribution in [0.4, 0.5) is 10.6 Å². The number of anilines is 1. The third-order valence-electron chi connectivity index (χ3n) is 4.26. The summed E-state index contributed by atoms with van der Waals surface area (Å²) in [5, 5.41) is 7.28. The smallest absolute Gasteiger partial charge is 0.320 e. The van der Waals surface area contributed by atoms with Crippen molar-refractivity contribution in [3.05, 3.63) is 41.9 Å². The van der Waals surface area contributed by atoms with Gasteiger partial charge in [-0.1, -0.05) is 0 Å². The van der Waals surface area contributed by atoms with Gasteiger partial charge in [-0.15, -0.1) is 0 Å². The minimum atomic E-state index is -0.472. The zero-order valence-electron chi connectivity index (χ0n) is 14.1. The average Bonchev–Trinajstić information content (AvgIpc) is 2.65. The number of primary amides is 1. The molecule has 0 atom stereocenters. The Labute approximate surface area is 146 Å². The minimum absolute atomic E-state index is 0.470. The number of rotatable bonds is 4. The quantitative estimate of drug-likeness (QED) is 0.837. The number of fused-ring (bicyclic) bond motifs is 1. The van der Waals surface area contributed by atoms with Crippen molar-refractivity contribution in [2.45, 2.75) is 19.3 Å². The molecule has 1 aliphatic heterocycles. The van der Waals surface area contributed by atoms with Gasteiger partial charge in [0, 0.05) is 67.2 Å². The number of carbonyl (C=O) groups is 1. The first-order chi connectivity index (χ1) is 12.1. The lowest BCUT2D eigenvalue weighted by Crippen LogP contribution is -2.40. The molecular weight excluding hydrogens is 316 g/mol. The number of urea groups is 1. The zero-order valence-corrected chi connectivity index (χ0v) is 14.1.